The van der Waals surface area contributed by atoms with E-state index in [4.69, 9.17) is 16.3 Å². The molecule has 110 valence electrons. The molecule has 1 amide bonds. The predicted octanol–water partition coefficient (Wildman–Crippen LogP) is -1.30. The molecule has 0 saturated carbocycles. The highest BCUT2D eigenvalue weighted by atomic mass is 35.5. The zero-order chi connectivity index (χ0) is 14.5. The highest BCUT2D eigenvalue weighted by Crippen LogP contribution is 2.27. The molecule has 1 saturated heterocycles. The van der Waals surface area contributed by atoms with Gasteiger partial charge in [0, 0.05) is 5.02 Å². The van der Waals surface area contributed by atoms with Crippen LogP contribution >= 0.6 is 11.6 Å². The molecular formula is C14H22ClN3O2+2. The Balaban J connectivity index is 1.92. The summed E-state index contributed by atoms with van der Waals surface area (Å²) in [5, 5.41) is 3.46. The third-order valence-electron chi connectivity index (χ3n) is 3.66. The zero-order valence-corrected chi connectivity index (χ0v) is 12.7. The molecule has 6 heteroatoms. The Morgan fingerprint density at radius 2 is 2.05 bits per heavy atom. The van der Waals surface area contributed by atoms with E-state index in [1.807, 2.05) is 0 Å². The van der Waals surface area contributed by atoms with Crippen LogP contribution in [0.1, 0.15) is 0 Å². The molecule has 1 aromatic carbocycles. The lowest BCUT2D eigenvalue weighted by molar-refractivity contribution is -0.999. The van der Waals surface area contributed by atoms with Gasteiger partial charge in [0.25, 0.3) is 5.91 Å². The summed E-state index contributed by atoms with van der Waals surface area (Å²) in [6.07, 6.45) is 0. The molecule has 1 aromatic rings. The summed E-state index contributed by atoms with van der Waals surface area (Å²) in [5.74, 6) is 0.626. The van der Waals surface area contributed by atoms with E-state index in [0.717, 1.165) is 26.2 Å². The van der Waals surface area contributed by atoms with Gasteiger partial charge >= 0.3 is 0 Å². The first kappa shape index (κ1) is 15.1. The van der Waals surface area contributed by atoms with Crippen LogP contribution in [0, 0.1) is 0 Å². The number of methoxy groups -OCH3 is 1. The van der Waals surface area contributed by atoms with E-state index in [2.05, 4.69) is 12.4 Å². The van der Waals surface area contributed by atoms with Crippen molar-refractivity contribution in [2.24, 2.45) is 0 Å². The Morgan fingerprint density at radius 1 is 1.35 bits per heavy atom. The average Bonchev–Trinajstić information content (AvgIpc) is 2.41. The molecule has 0 aliphatic carbocycles. The molecule has 2 rings (SSSR count). The summed E-state index contributed by atoms with van der Waals surface area (Å²) in [5.41, 5.74) is 0.629. The van der Waals surface area contributed by atoms with Crippen LogP contribution in [0.2, 0.25) is 5.02 Å². The molecule has 0 unspecified atom stereocenters. The number of carbonyl (C=O) groups is 1. The molecule has 0 spiro atoms. The van der Waals surface area contributed by atoms with Crippen LogP contribution in [-0.4, -0.2) is 52.8 Å². The zero-order valence-electron chi connectivity index (χ0n) is 12.0. The largest absolute Gasteiger partial charge is 0.495 e. The van der Waals surface area contributed by atoms with E-state index in [1.165, 1.54) is 9.80 Å². The number of benzene rings is 1. The molecule has 5 nitrogen and oxygen atoms in total. The van der Waals surface area contributed by atoms with Crippen molar-refractivity contribution < 1.29 is 19.3 Å². The Hall–Kier alpha value is -1.30. The van der Waals surface area contributed by atoms with E-state index in [9.17, 15) is 4.79 Å². The van der Waals surface area contributed by atoms with E-state index >= 15 is 0 Å². The number of quaternary nitrogens is 2. The molecule has 1 aliphatic rings. The molecule has 0 radical (unpaired) electrons. The van der Waals surface area contributed by atoms with Crippen LogP contribution in [0.15, 0.2) is 18.2 Å². The first-order chi connectivity index (χ1) is 9.58. The number of carbonyl (C=O) groups excluding carboxylic acids is 1. The second-order valence-electron chi connectivity index (χ2n) is 5.28. The second kappa shape index (κ2) is 6.92. The lowest BCUT2D eigenvalue weighted by atomic mass is 10.2. The van der Waals surface area contributed by atoms with Gasteiger partial charge in [-0.15, -0.1) is 0 Å². The Kier molecular flexibility index (Phi) is 5.23. The summed E-state index contributed by atoms with van der Waals surface area (Å²) in [6.45, 7) is 4.78. The maximum absolute atomic E-state index is 12.1. The van der Waals surface area contributed by atoms with Crippen molar-refractivity contribution >= 4 is 23.2 Å². The summed E-state index contributed by atoms with van der Waals surface area (Å²) in [7, 11) is 3.76. The number of ether oxygens (including phenoxy) is 1. The molecule has 1 heterocycles. The predicted molar refractivity (Wildman–Crippen MR) is 78.8 cm³/mol. The van der Waals surface area contributed by atoms with E-state index in [1.54, 1.807) is 25.3 Å². The highest BCUT2D eigenvalue weighted by Gasteiger charge is 2.22. The Morgan fingerprint density at radius 3 is 2.70 bits per heavy atom. The van der Waals surface area contributed by atoms with Crippen molar-refractivity contribution in [2.45, 2.75) is 0 Å². The monoisotopic (exact) mass is 299 g/mol. The number of hydrogen-bond acceptors (Lipinski definition) is 2. The van der Waals surface area contributed by atoms with Crippen LogP contribution in [0.25, 0.3) is 0 Å². The van der Waals surface area contributed by atoms with Gasteiger partial charge in [0.1, 0.15) is 31.9 Å². The quantitative estimate of drug-likeness (QED) is 0.647. The van der Waals surface area contributed by atoms with E-state index < -0.39 is 0 Å². The van der Waals surface area contributed by atoms with Crippen molar-refractivity contribution in [1.82, 2.24) is 0 Å². The number of nitrogens with one attached hydrogen (secondary N) is 3. The minimum atomic E-state index is 0.000111. The maximum Gasteiger partial charge on any atom is 0.279 e. The molecule has 0 atom stereocenters. The third-order valence-corrected chi connectivity index (χ3v) is 3.89. The second-order valence-corrected chi connectivity index (χ2v) is 5.71. The van der Waals surface area contributed by atoms with Crippen LogP contribution in [0.4, 0.5) is 5.69 Å². The fraction of sp³-hybridized carbons (Fsp3) is 0.500. The third kappa shape index (κ3) is 4.10. The summed E-state index contributed by atoms with van der Waals surface area (Å²) in [4.78, 5) is 15.0. The minimum absolute atomic E-state index is 0.000111. The normalized spacial score (nSPS) is 22.4. The van der Waals surface area contributed by atoms with Crippen molar-refractivity contribution in [1.29, 1.82) is 0 Å². The molecule has 0 bridgehead atoms. The minimum Gasteiger partial charge on any atom is -0.495 e. The van der Waals surface area contributed by atoms with Gasteiger partial charge < -0.3 is 19.9 Å². The van der Waals surface area contributed by atoms with E-state index in [-0.39, 0.29) is 5.91 Å². The Bertz CT molecular complexity index is 473. The van der Waals surface area contributed by atoms with Gasteiger partial charge in [-0.2, -0.15) is 0 Å². The lowest BCUT2D eigenvalue weighted by Crippen LogP contribution is -3.27. The van der Waals surface area contributed by atoms with Crippen molar-refractivity contribution in [3.8, 4) is 5.75 Å². The summed E-state index contributed by atoms with van der Waals surface area (Å²) < 4.78 is 5.22. The van der Waals surface area contributed by atoms with Gasteiger partial charge in [0.05, 0.1) is 19.8 Å². The number of rotatable bonds is 4. The lowest BCUT2D eigenvalue weighted by Gasteiger charge is -2.26. The van der Waals surface area contributed by atoms with Crippen molar-refractivity contribution in [3.63, 3.8) is 0 Å². The molecule has 3 N–H and O–H groups in total. The maximum atomic E-state index is 12.1. The van der Waals surface area contributed by atoms with Gasteiger partial charge in [-0.05, 0) is 18.2 Å². The molecule has 0 aromatic heterocycles. The fourth-order valence-electron chi connectivity index (χ4n) is 2.41. The summed E-state index contributed by atoms with van der Waals surface area (Å²) in [6, 6.07) is 5.20. The number of halogens is 1. The van der Waals surface area contributed by atoms with Crippen LogP contribution in [-0.2, 0) is 4.79 Å². The van der Waals surface area contributed by atoms with Crippen LogP contribution in [0.3, 0.4) is 0 Å². The number of anilines is 1. The number of amides is 1. The van der Waals surface area contributed by atoms with Crippen LogP contribution < -0.4 is 19.9 Å². The van der Waals surface area contributed by atoms with Crippen molar-refractivity contribution in [3.05, 3.63) is 23.2 Å². The van der Waals surface area contributed by atoms with Gasteiger partial charge in [-0.1, -0.05) is 11.6 Å². The number of likely N-dealkylation sites (N-methyl/N-ethyl adjacent to an activating group) is 1. The first-order valence-corrected chi connectivity index (χ1v) is 7.24. The smallest absolute Gasteiger partial charge is 0.279 e. The SMILES string of the molecule is COc1ccc(Cl)cc1NC(=O)C[NH+]1CC[NH+](C)CC1. The molecule has 20 heavy (non-hydrogen) atoms. The van der Waals surface area contributed by atoms with Gasteiger partial charge in [-0.3, -0.25) is 4.79 Å². The fourth-order valence-corrected chi connectivity index (χ4v) is 2.58. The van der Waals surface area contributed by atoms with Gasteiger partial charge in [-0.25, -0.2) is 0 Å². The van der Waals surface area contributed by atoms with Gasteiger partial charge in [0.2, 0.25) is 0 Å². The average molecular weight is 300 g/mol. The molecule has 1 fully saturated rings. The topological polar surface area (TPSA) is 47.2 Å². The standard InChI is InChI=1S/C14H20ClN3O2/c1-17-5-7-18(8-6-17)10-14(19)16-12-9-11(15)3-4-13(12)20-2/h3-4,9H,5-8,10H2,1-2H3,(H,16,19)/p+2. The first-order valence-electron chi connectivity index (χ1n) is 6.86. The van der Waals surface area contributed by atoms with Gasteiger partial charge in [0.15, 0.2) is 6.54 Å². The molecule has 1 aliphatic heterocycles. The molecular weight excluding hydrogens is 278 g/mol. The van der Waals surface area contributed by atoms with Crippen molar-refractivity contribution in [2.75, 3.05) is 52.2 Å². The summed E-state index contributed by atoms with van der Waals surface area (Å²) >= 11 is 5.95. The Labute approximate surface area is 124 Å². The van der Waals surface area contributed by atoms with E-state index in [0.29, 0.717) is 23.0 Å². The highest BCUT2D eigenvalue weighted by molar-refractivity contribution is 6.31. The number of hydrogen-bond donors (Lipinski definition) is 3. The number of piperazine rings is 1. The van der Waals surface area contributed by atoms with Crippen LogP contribution in [0.5, 0.6) is 5.75 Å².